The summed E-state index contributed by atoms with van der Waals surface area (Å²) in [4.78, 5) is 13.7. The Morgan fingerprint density at radius 1 is 1.36 bits per heavy atom. The van der Waals surface area contributed by atoms with Crippen molar-refractivity contribution in [2.75, 3.05) is 32.1 Å². The van der Waals surface area contributed by atoms with E-state index in [1.54, 1.807) is 13.0 Å². The third kappa shape index (κ3) is 5.21. The smallest absolute Gasteiger partial charge is 0.240 e. The highest BCUT2D eigenvalue weighted by Gasteiger charge is 2.09. The van der Waals surface area contributed by atoms with Crippen LogP contribution in [0.4, 0.5) is 5.88 Å². The highest BCUT2D eigenvalue weighted by Crippen LogP contribution is 2.12. The monoisotopic (exact) mass is 303 g/mol. The Balaban J connectivity index is 1.69. The summed E-state index contributed by atoms with van der Waals surface area (Å²) in [5, 5.41) is 6.37. The van der Waals surface area contributed by atoms with Crippen LogP contribution in [0.3, 0.4) is 0 Å². The molecule has 0 aliphatic rings. The van der Waals surface area contributed by atoms with Crippen LogP contribution >= 0.6 is 0 Å². The molecule has 0 spiro atoms. The van der Waals surface area contributed by atoms with Crippen LogP contribution in [0.2, 0.25) is 0 Å². The average molecular weight is 303 g/mol. The van der Waals surface area contributed by atoms with Crippen LogP contribution in [-0.2, 0) is 4.79 Å². The van der Waals surface area contributed by atoms with Crippen molar-refractivity contribution < 1.29 is 14.1 Å². The van der Waals surface area contributed by atoms with E-state index in [-0.39, 0.29) is 12.5 Å². The Bertz CT molecular complexity index is 625. The van der Waals surface area contributed by atoms with Crippen molar-refractivity contribution in [1.29, 1.82) is 0 Å². The molecule has 0 radical (unpaired) electrons. The quantitative estimate of drug-likeness (QED) is 0.849. The number of nitrogens with one attached hydrogen (secondary N) is 1. The van der Waals surface area contributed by atoms with Gasteiger partial charge < -0.3 is 9.26 Å². The summed E-state index contributed by atoms with van der Waals surface area (Å²) in [6.45, 7) is 5.25. The van der Waals surface area contributed by atoms with Crippen LogP contribution in [0.1, 0.15) is 11.3 Å². The lowest BCUT2D eigenvalue weighted by Gasteiger charge is -2.16. The zero-order chi connectivity index (χ0) is 15.9. The van der Waals surface area contributed by atoms with Gasteiger partial charge in [0.2, 0.25) is 11.8 Å². The number of hydrogen-bond acceptors (Lipinski definition) is 5. The number of aryl methyl sites for hydroxylation is 2. The summed E-state index contributed by atoms with van der Waals surface area (Å²) >= 11 is 0. The maximum atomic E-state index is 11.8. The summed E-state index contributed by atoms with van der Waals surface area (Å²) in [6.07, 6.45) is 0. The van der Waals surface area contributed by atoms with Crippen LogP contribution in [0.15, 0.2) is 34.9 Å². The molecule has 0 saturated carbocycles. The molecule has 0 aliphatic heterocycles. The van der Waals surface area contributed by atoms with Gasteiger partial charge in [-0.15, -0.1) is 0 Å². The molecule has 0 bridgehead atoms. The second-order valence-corrected chi connectivity index (χ2v) is 5.28. The van der Waals surface area contributed by atoms with E-state index in [0.29, 0.717) is 19.0 Å². The average Bonchev–Trinajstić information content (AvgIpc) is 2.83. The predicted octanol–water partition coefficient (Wildman–Crippen LogP) is 2.24. The van der Waals surface area contributed by atoms with Crippen molar-refractivity contribution in [1.82, 2.24) is 10.1 Å². The van der Waals surface area contributed by atoms with Crippen LogP contribution in [0.25, 0.3) is 0 Å². The van der Waals surface area contributed by atoms with Gasteiger partial charge in [-0.1, -0.05) is 17.3 Å². The van der Waals surface area contributed by atoms with Crippen molar-refractivity contribution in [3.63, 3.8) is 0 Å². The molecule has 6 nitrogen and oxygen atoms in total. The lowest BCUT2D eigenvalue weighted by Crippen LogP contribution is -2.33. The van der Waals surface area contributed by atoms with E-state index in [1.807, 2.05) is 43.1 Å². The fourth-order valence-electron chi connectivity index (χ4n) is 1.95. The van der Waals surface area contributed by atoms with Gasteiger partial charge in [0.05, 0.1) is 12.2 Å². The molecular formula is C16H21N3O3. The number of nitrogens with zero attached hydrogens (tertiary/aromatic N) is 2. The van der Waals surface area contributed by atoms with E-state index in [2.05, 4.69) is 10.5 Å². The van der Waals surface area contributed by atoms with Crippen molar-refractivity contribution in [3.8, 4) is 5.75 Å². The molecule has 1 aromatic heterocycles. The van der Waals surface area contributed by atoms with Crippen LogP contribution in [0, 0.1) is 13.8 Å². The molecule has 1 heterocycles. The Hall–Kier alpha value is -2.34. The van der Waals surface area contributed by atoms with Gasteiger partial charge in [-0.25, -0.2) is 0 Å². The minimum atomic E-state index is -0.144. The Morgan fingerprint density at radius 2 is 2.18 bits per heavy atom. The van der Waals surface area contributed by atoms with Crippen molar-refractivity contribution in [2.24, 2.45) is 0 Å². The van der Waals surface area contributed by atoms with E-state index >= 15 is 0 Å². The van der Waals surface area contributed by atoms with Crippen molar-refractivity contribution >= 4 is 11.8 Å². The lowest BCUT2D eigenvalue weighted by atomic mass is 10.2. The SMILES string of the molecule is Cc1cccc(OCCN(C)CC(=O)Nc2cc(C)no2)c1. The highest BCUT2D eigenvalue weighted by atomic mass is 16.5. The number of benzene rings is 1. The van der Waals surface area contributed by atoms with Gasteiger partial charge in [-0.05, 0) is 38.6 Å². The Morgan fingerprint density at radius 3 is 2.86 bits per heavy atom. The lowest BCUT2D eigenvalue weighted by molar-refractivity contribution is -0.117. The first-order chi connectivity index (χ1) is 10.5. The summed E-state index contributed by atoms with van der Waals surface area (Å²) in [5.41, 5.74) is 1.89. The maximum Gasteiger partial charge on any atom is 0.240 e. The minimum Gasteiger partial charge on any atom is -0.492 e. The molecule has 1 aromatic carbocycles. The molecule has 0 aliphatic carbocycles. The first kappa shape index (κ1) is 16.0. The summed E-state index contributed by atoms with van der Waals surface area (Å²) < 4.78 is 10.6. The van der Waals surface area contributed by atoms with Crippen molar-refractivity contribution in [2.45, 2.75) is 13.8 Å². The number of carbonyl (C=O) groups is 1. The Kier molecular flexibility index (Phi) is 5.55. The van der Waals surface area contributed by atoms with E-state index < -0.39 is 0 Å². The number of likely N-dealkylation sites (N-methyl/N-ethyl adjacent to an activating group) is 1. The number of carbonyl (C=O) groups excluding carboxylic acids is 1. The molecule has 0 unspecified atom stereocenters. The molecule has 1 amide bonds. The molecule has 118 valence electrons. The maximum absolute atomic E-state index is 11.8. The zero-order valence-corrected chi connectivity index (χ0v) is 13.1. The summed E-state index contributed by atoms with van der Waals surface area (Å²) in [6, 6.07) is 9.57. The van der Waals surface area contributed by atoms with Gasteiger partial charge in [0.1, 0.15) is 12.4 Å². The third-order valence-electron chi connectivity index (χ3n) is 3.04. The standard InChI is InChI=1S/C16H21N3O3/c1-12-5-4-6-14(9-12)21-8-7-19(3)11-15(20)17-16-10-13(2)18-22-16/h4-6,9-10H,7-8,11H2,1-3H3,(H,17,20). The van der Waals surface area contributed by atoms with E-state index in [0.717, 1.165) is 17.0 Å². The largest absolute Gasteiger partial charge is 0.492 e. The number of anilines is 1. The number of ether oxygens (including phenoxy) is 1. The second kappa shape index (κ2) is 7.61. The predicted molar refractivity (Wildman–Crippen MR) is 84.0 cm³/mol. The molecule has 22 heavy (non-hydrogen) atoms. The van der Waals surface area contributed by atoms with Gasteiger partial charge in [0.15, 0.2) is 0 Å². The summed E-state index contributed by atoms with van der Waals surface area (Å²) in [5.74, 6) is 1.07. The number of hydrogen-bond donors (Lipinski definition) is 1. The fraction of sp³-hybridized carbons (Fsp3) is 0.375. The van der Waals surface area contributed by atoms with Gasteiger partial charge >= 0.3 is 0 Å². The number of rotatable bonds is 7. The third-order valence-corrected chi connectivity index (χ3v) is 3.04. The summed E-state index contributed by atoms with van der Waals surface area (Å²) in [7, 11) is 1.87. The molecule has 2 aromatic rings. The second-order valence-electron chi connectivity index (χ2n) is 5.28. The molecule has 6 heteroatoms. The van der Waals surface area contributed by atoms with Crippen LogP contribution in [-0.4, -0.2) is 42.7 Å². The molecule has 1 N–H and O–H groups in total. The molecule has 2 rings (SSSR count). The first-order valence-electron chi connectivity index (χ1n) is 7.14. The number of aromatic nitrogens is 1. The molecular weight excluding hydrogens is 282 g/mol. The van der Waals surface area contributed by atoms with E-state index in [4.69, 9.17) is 9.26 Å². The van der Waals surface area contributed by atoms with Crippen LogP contribution < -0.4 is 10.1 Å². The normalized spacial score (nSPS) is 10.7. The molecule has 0 atom stereocenters. The Labute approximate surface area is 130 Å². The fourth-order valence-corrected chi connectivity index (χ4v) is 1.95. The number of amides is 1. The highest BCUT2D eigenvalue weighted by molar-refractivity contribution is 5.90. The van der Waals surface area contributed by atoms with Crippen LogP contribution in [0.5, 0.6) is 5.75 Å². The zero-order valence-electron chi connectivity index (χ0n) is 13.1. The van der Waals surface area contributed by atoms with Gasteiger partial charge in [-0.3, -0.25) is 15.0 Å². The molecule has 0 fully saturated rings. The van der Waals surface area contributed by atoms with E-state index in [1.165, 1.54) is 0 Å². The van der Waals surface area contributed by atoms with E-state index in [9.17, 15) is 4.79 Å². The molecule has 0 saturated heterocycles. The topological polar surface area (TPSA) is 67.6 Å². The van der Waals surface area contributed by atoms with Gasteiger partial charge in [0.25, 0.3) is 0 Å². The minimum absolute atomic E-state index is 0.144. The van der Waals surface area contributed by atoms with Gasteiger partial charge in [0, 0.05) is 12.6 Å². The van der Waals surface area contributed by atoms with Crippen molar-refractivity contribution in [3.05, 3.63) is 41.6 Å². The first-order valence-corrected chi connectivity index (χ1v) is 7.14. The van der Waals surface area contributed by atoms with Gasteiger partial charge in [-0.2, -0.15) is 0 Å².